The Kier molecular flexibility index (Phi) is 4.85. The van der Waals surface area contributed by atoms with E-state index < -0.39 is 5.82 Å². The Morgan fingerprint density at radius 1 is 1.31 bits per heavy atom. The molecule has 1 amide bonds. The molecule has 0 fully saturated rings. The van der Waals surface area contributed by atoms with Gasteiger partial charge in [0.1, 0.15) is 15.5 Å². The molecular formula is C23H26FN3OS. The van der Waals surface area contributed by atoms with Crippen LogP contribution in [-0.2, 0) is 12.8 Å². The van der Waals surface area contributed by atoms with Crippen molar-refractivity contribution in [3.63, 3.8) is 0 Å². The van der Waals surface area contributed by atoms with Crippen LogP contribution in [0.5, 0.6) is 0 Å². The summed E-state index contributed by atoms with van der Waals surface area (Å²) in [6.45, 7) is 8.67. The molecule has 0 aliphatic heterocycles. The van der Waals surface area contributed by atoms with Gasteiger partial charge in [-0.25, -0.2) is 9.37 Å². The minimum atomic E-state index is -0.391. The highest BCUT2D eigenvalue weighted by Crippen LogP contribution is 2.40. The van der Waals surface area contributed by atoms with Crippen LogP contribution in [0, 0.1) is 24.1 Å². The molecule has 1 aliphatic rings. The molecule has 2 aromatic heterocycles. The molecule has 1 atom stereocenters. The van der Waals surface area contributed by atoms with E-state index in [1.165, 1.54) is 29.0 Å². The fraction of sp³-hybridized carbons (Fsp3) is 0.391. The van der Waals surface area contributed by atoms with Gasteiger partial charge in [-0.2, -0.15) is 0 Å². The molecule has 4 nitrogen and oxygen atoms in total. The van der Waals surface area contributed by atoms with Crippen LogP contribution >= 0.6 is 11.3 Å². The third kappa shape index (κ3) is 3.73. The van der Waals surface area contributed by atoms with Crippen molar-refractivity contribution in [2.45, 2.75) is 47.0 Å². The number of anilines is 2. The van der Waals surface area contributed by atoms with E-state index in [1.54, 1.807) is 6.07 Å². The van der Waals surface area contributed by atoms with E-state index in [4.69, 9.17) is 10.7 Å². The number of aryl methyl sites for hydroxylation is 2. The SMILES string of the molecule is Cc1ccc(F)cc1NC(=O)c1sc2nc3c(cc2c1N)CC(C(C)(C)C)CC3. The molecule has 0 radical (unpaired) electrons. The average molecular weight is 412 g/mol. The fourth-order valence-electron chi connectivity index (χ4n) is 4.01. The number of nitrogen functional groups attached to an aromatic ring is 1. The van der Waals surface area contributed by atoms with E-state index in [2.05, 4.69) is 32.2 Å². The van der Waals surface area contributed by atoms with Crippen molar-refractivity contribution in [3.05, 3.63) is 51.8 Å². The molecule has 1 aliphatic carbocycles. The Bertz CT molecular complexity index is 1110. The Morgan fingerprint density at radius 3 is 2.79 bits per heavy atom. The van der Waals surface area contributed by atoms with Gasteiger partial charge in [-0.15, -0.1) is 11.3 Å². The molecule has 29 heavy (non-hydrogen) atoms. The van der Waals surface area contributed by atoms with Crippen molar-refractivity contribution >= 4 is 38.8 Å². The summed E-state index contributed by atoms with van der Waals surface area (Å²) < 4.78 is 13.6. The molecule has 0 spiro atoms. The molecule has 1 unspecified atom stereocenters. The molecule has 0 saturated heterocycles. The number of thiophene rings is 1. The van der Waals surface area contributed by atoms with Gasteiger partial charge >= 0.3 is 0 Å². The van der Waals surface area contributed by atoms with Gasteiger partial charge < -0.3 is 11.1 Å². The van der Waals surface area contributed by atoms with E-state index in [-0.39, 0.29) is 11.3 Å². The number of pyridine rings is 1. The third-order valence-electron chi connectivity index (χ3n) is 5.96. The molecule has 0 bridgehead atoms. The van der Waals surface area contributed by atoms with Gasteiger partial charge in [0.15, 0.2) is 0 Å². The second kappa shape index (κ2) is 7.10. The molecule has 3 aromatic rings. The molecule has 1 aromatic carbocycles. The number of hydrogen-bond acceptors (Lipinski definition) is 4. The van der Waals surface area contributed by atoms with Gasteiger partial charge in [-0.05, 0) is 66.8 Å². The van der Waals surface area contributed by atoms with Gasteiger partial charge in [0.05, 0.1) is 5.69 Å². The minimum Gasteiger partial charge on any atom is -0.397 e. The molecule has 0 saturated carbocycles. The summed E-state index contributed by atoms with van der Waals surface area (Å²) in [4.78, 5) is 18.9. The van der Waals surface area contributed by atoms with Crippen molar-refractivity contribution in [3.8, 4) is 0 Å². The first kappa shape index (κ1) is 19.8. The van der Waals surface area contributed by atoms with Crippen molar-refractivity contribution in [2.75, 3.05) is 11.1 Å². The van der Waals surface area contributed by atoms with E-state index in [9.17, 15) is 9.18 Å². The van der Waals surface area contributed by atoms with Crippen LogP contribution in [0.4, 0.5) is 15.8 Å². The van der Waals surface area contributed by atoms with Crippen molar-refractivity contribution in [1.29, 1.82) is 0 Å². The molecule has 152 valence electrons. The topological polar surface area (TPSA) is 68.0 Å². The van der Waals surface area contributed by atoms with Crippen LogP contribution in [0.15, 0.2) is 24.3 Å². The number of nitrogens with one attached hydrogen (secondary N) is 1. The highest BCUT2D eigenvalue weighted by atomic mass is 32.1. The Balaban J connectivity index is 1.68. The molecule has 4 rings (SSSR count). The average Bonchev–Trinajstić information content (AvgIpc) is 2.97. The lowest BCUT2D eigenvalue weighted by Gasteiger charge is -2.34. The number of rotatable bonds is 2. The molecule has 2 heterocycles. The van der Waals surface area contributed by atoms with Crippen LogP contribution in [0.2, 0.25) is 0 Å². The summed E-state index contributed by atoms with van der Waals surface area (Å²) in [5, 5.41) is 3.63. The van der Waals surface area contributed by atoms with Gasteiger partial charge in [0, 0.05) is 16.8 Å². The van der Waals surface area contributed by atoms with Gasteiger partial charge in [-0.1, -0.05) is 26.8 Å². The number of carbonyl (C=O) groups excluding carboxylic acids is 1. The standard InChI is InChI=1S/C23H26FN3OS/c1-12-5-7-15(24)11-18(12)26-21(28)20-19(25)16-10-13-9-14(23(2,3)4)6-8-17(13)27-22(16)29-20/h5,7,10-11,14H,6,8-9,25H2,1-4H3,(H,26,28). The van der Waals surface area contributed by atoms with Crippen molar-refractivity contribution in [2.24, 2.45) is 11.3 Å². The highest BCUT2D eigenvalue weighted by Gasteiger charge is 2.30. The monoisotopic (exact) mass is 411 g/mol. The van der Waals surface area contributed by atoms with E-state index >= 15 is 0 Å². The Hall–Kier alpha value is -2.47. The number of aromatic nitrogens is 1. The first-order valence-electron chi connectivity index (χ1n) is 9.91. The number of carbonyl (C=O) groups is 1. The summed E-state index contributed by atoms with van der Waals surface area (Å²) in [6, 6.07) is 6.45. The first-order valence-corrected chi connectivity index (χ1v) is 10.7. The number of hydrogen-bond donors (Lipinski definition) is 2. The largest absolute Gasteiger partial charge is 0.397 e. The van der Waals surface area contributed by atoms with Crippen LogP contribution in [-0.4, -0.2) is 10.9 Å². The zero-order valence-electron chi connectivity index (χ0n) is 17.2. The lowest BCUT2D eigenvalue weighted by atomic mass is 9.71. The van der Waals surface area contributed by atoms with Gasteiger partial charge in [0.25, 0.3) is 5.91 Å². The minimum absolute atomic E-state index is 0.251. The van der Waals surface area contributed by atoms with Crippen molar-refractivity contribution < 1.29 is 9.18 Å². The molecule has 6 heteroatoms. The normalized spacial score (nSPS) is 16.7. The summed E-state index contributed by atoms with van der Waals surface area (Å²) in [7, 11) is 0. The summed E-state index contributed by atoms with van der Waals surface area (Å²) in [6.07, 6.45) is 3.07. The smallest absolute Gasteiger partial charge is 0.267 e. The maximum atomic E-state index is 13.6. The lowest BCUT2D eigenvalue weighted by molar-refractivity contribution is 0.103. The van der Waals surface area contributed by atoms with E-state index in [0.717, 1.165) is 40.7 Å². The quantitative estimate of drug-likeness (QED) is 0.566. The lowest BCUT2D eigenvalue weighted by Crippen LogP contribution is -2.27. The Labute approximate surface area is 174 Å². The second-order valence-corrected chi connectivity index (χ2v) is 10.0. The highest BCUT2D eigenvalue weighted by molar-refractivity contribution is 7.21. The number of halogens is 1. The van der Waals surface area contributed by atoms with Crippen LogP contribution in [0.1, 0.15) is 53.7 Å². The summed E-state index contributed by atoms with van der Waals surface area (Å²) in [5.41, 5.74) is 10.6. The molecular weight excluding hydrogens is 385 g/mol. The van der Waals surface area contributed by atoms with E-state index in [0.29, 0.717) is 22.2 Å². The number of nitrogens with zero attached hydrogens (tertiary/aromatic N) is 1. The molecule has 3 N–H and O–H groups in total. The Morgan fingerprint density at radius 2 is 2.07 bits per heavy atom. The summed E-state index contributed by atoms with van der Waals surface area (Å²) >= 11 is 1.30. The maximum Gasteiger partial charge on any atom is 0.267 e. The number of benzene rings is 1. The summed E-state index contributed by atoms with van der Waals surface area (Å²) in [5.74, 6) is -0.115. The fourth-order valence-corrected chi connectivity index (χ4v) is 5.00. The van der Waals surface area contributed by atoms with Crippen molar-refractivity contribution in [1.82, 2.24) is 4.98 Å². The number of fused-ring (bicyclic) bond motifs is 2. The van der Waals surface area contributed by atoms with Crippen LogP contribution < -0.4 is 11.1 Å². The number of nitrogens with two attached hydrogens (primary N) is 1. The zero-order valence-corrected chi connectivity index (χ0v) is 18.0. The number of amides is 1. The van der Waals surface area contributed by atoms with Crippen LogP contribution in [0.25, 0.3) is 10.2 Å². The maximum absolute atomic E-state index is 13.6. The van der Waals surface area contributed by atoms with Gasteiger partial charge in [0.2, 0.25) is 0 Å². The van der Waals surface area contributed by atoms with Gasteiger partial charge in [-0.3, -0.25) is 4.79 Å². The van der Waals surface area contributed by atoms with Crippen LogP contribution in [0.3, 0.4) is 0 Å². The predicted octanol–water partition coefficient (Wildman–Crippen LogP) is 5.73. The predicted molar refractivity (Wildman–Crippen MR) is 118 cm³/mol. The zero-order chi connectivity index (χ0) is 20.9. The third-order valence-corrected chi connectivity index (χ3v) is 7.08. The van der Waals surface area contributed by atoms with E-state index in [1.807, 2.05) is 6.92 Å². The first-order chi connectivity index (χ1) is 13.6. The second-order valence-electron chi connectivity index (χ2n) is 9.01.